The van der Waals surface area contributed by atoms with Crippen LogP contribution in [-0.2, 0) is 0 Å². The molecule has 5 nitrogen and oxygen atoms in total. The van der Waals surface area contributed by atoms with Crippen molar-refractivity contribution in [2.45, 2.75) is 24.0 Å². The lowest BCUT2D eigenvalue weighted by molar-refractivity contribution is -0.402. The molecule has 0 aromatic carbocycles. The third kappa shape index (κ3) is 2.32. The van der Waals surface area contributed by atoms with Crippen molar-refractivity contribution < 1.29 is 9.34 Å². The van der Waals surface area contributed by atoms with E-state index < -0.39 is 4.92 Å². The molecule has 82 valence electrons. The minimum Gasteiger partial charge on any atom is -0.403 e. The van der Waals surface area contributed by atoms with Gasteiger partial charge in [-0.15, -0.1) is 11.8 Å². The number of thioether (sulfide) groups is 1. The molecule has 2 unspecified atom stereocenters. The monoisotopic (exact) mass is 228 g/mol. The highest BCUT2D eigenvalue weighted by Gasteiger charge is 2.24. The van der Waals surface area contributed by atoms with E-state index in [-0.39, 0.29) is 11.3 Å². The molecule has 0 spiro atoms. The number of rotatable bonds is 2. The van der Waals surface area contributed by atoms with Gasteiger partial charge < -0.3 is 4.42 Å². The van der Waals surface area contributed by atoms with Crippen LogP contribution in [0.5, 0.6) is 0 Å². The minimum atomic E-state index is -0.513. The van der Waals surface area contributed by atoms with Crippen LogP contribution in [0.3, 0.4) is 0 Å². The Bertz CT molecular complexity index is 366. The van der Waals surface area contributed by atoms with Gasteiger partial charge in [0.1, 0.15) is 16.1 Å². The first-order valence-corrected chi connectivity index (χ1v) is 5.74. The van der Waals surface area contributed by atoms with Crippen LogP contribution in [-0.4, -0.2) is 16.7 Å². The lowest BCUT2D eigenvalue weighted by atomic mass is 10.3. The molecule has 0 aliphatic carbocycles. The molecule has 6 heteroatoms. The molecule has 1 aliphatic heterocycles. The van der Waals surface area contributed by atoms with Crippen LogP contribution in [0.4, 0.5) is 5.88 Å². The average molecular weight is 228 g/mol. The molecular weight excluding hydrogens is 216 g/mol. The molecule has 1 aromatic rings. The second kappa shape index (κ2) is 4.24. The van der Waals surface area contributed by atoms with Gasteiger partial charge in [0.15, 0.2) is 0 Å². The molecule has 1 aliphatic rings. The van der Waals surface area contributed by atoms with E-state index >= 15 is 0 Å². The number of furan rings is 1. The van der Waals surface area contributed by atoms with Crippen molar-refractivity contribution in [2.24, 2.45) is 0 Å². The van der Waals surface area contributed by atoms with Crippen molar-refractivity contribution in [3.8, 4) is 0 Å². The van der Waals surface area contributed by atoms with Gasteiger partial charge in [0.05, 0.1) is 6.07 Å². The number of nitro groups is 1. The van der Waals surface area contributed by atoms with Crippen molar-refractivity contribution in [1.29, 1.82) is 0 Å². The van der Waals surface area contributed by atoms with E-state index in [0.717, 1.165) is 13.0 Å². The third-order valence-corrected chi connectivity index (χ3v) is 3.67. The van der Waals surface area contributed by atoms with Crippen LogP contribution in [0.15, 0.2) is 16.5 Å². The van der Waals surface area contributed by atoms with Gasteiger partial charge in [-0.1, -0.05) is 6.92 Å². The van der Waals surface area contributed by atoms with E-state index in [1.807, 2.05) is 0 Å². The van der Waals surface area contributed by atoms with Crippen molar-refractivity contribution in [3.63, 3.8) is 0 Å². The Morgan fingerprint density at radius 1 is 1.67 bits per heavy atom. The third-order valence-electron chi connectivity index (χ3n) is 2.30. The molecule has 2 atom stereocenters. The van der Waals surface area contributed by atoms with Crippen LogP contribution < -0.4 is 5.32 Å². The van der Waals surface area contributed by atoms with Gasteiger partial charge in [0.2, 0.25) is 0 Å². The Balaban J connectivity index is 2.11. The van der Waals surface area contributed by atoms with Crippen molar-refractivity contribution in [2.75, 3.05) is 6.54 Å². The Hall–Kier alpha value is -1.01. The summed E-state index contributed by atoms with van der Waals surface area (Å²) in [5, 5.41) is 14.3. The van der Waals surface area contributed by atoms with Crippen LogP contribution in [0.1, 0.15) is 24.5 Å². The molecule has 0 amide bonds. The van der Waals surface area contributed by atoms with Gasteiger partial charge in [-0.3, -0.25) is 15.4 Å². The lowest BCUT2D eigenvalue weighted by Crippen LogP contribution is -2.28. The Morgan fingerprint density at radius 3 is 3.07 bits per heavy atom. The van der Waals surface area contributed by atoms with Crippen molar-refractivity contribution in [1.82, 2.24) is 5.32 Å². The summed E-state index contributed by atoms with van der Waals surface area (Å²) in [5.41, 5.74) is 0. The highest BCUT2D eigenvalue weighted by Crippen LogP contribution is 2.36. The zero-order chi connectivity index (χ0) is 10.8. The summed E-state index contributed by atoms with van der Waals surface area (Å²) in [5.74, 6) is 0.448. The molecule has 2 heterocycles. The summed E-state index contributed by atoms with van der Waals surface area (Å²) in [6.07, 6.45) is 1.12. The van der Waals surface area contributed by atoms with Gasteiger partial charge in [-0.05, 0) is 19.0 Å². The molecule has 0 bridgehead atoms. The molecule has 0 saturated carbocycles. The van der Waals surface area contributed by atoms with Crippen molar-refractivity contribution >= 4 is 17.6 Å². The fourth-order valence-corrected chi connectivity index (χ4v) is 2.71. The van der Waals surface area contributed by atoms with Gasteiger partial charge in [0, 0.05) is 5.25 Å². The predicted molar refractivity (Wildman–Crippen MR) is 57.8 cm³/mol. The fourth-order valence-electron chi connectivity index (χ4n) is 1.52. The maximum Gasteiger partial charge on any atom is 0.433 e. The van der Waals surface area contributed by atoms with Crippen molar-refractivity contribution in [3.05, 3.63) is 28.0 Å². The summed E-state index contributed by atoms with van der Waals surface area (Å²) in [4.78, 5) is 9.93. The molecule has 0 radical (unpaired) electrons. The molecule has 1 saturated heterocycles. The highest BCUT2D eigenvalue weighted by atomic mass is 32.2. The Labute approximate surface area is 91.4 Å². The first-order chi connectivity index (χ1) is 7.16. The smallest absolute Gasteiger partial charge is 0.403 e. The van der Waals surface area contributed by atoms with E-state index in [0.29, 0.717) is 11.0 Å². The van der Waals surface area contributed by atoms with E-state index in [9.17, 15) is 10.1 Å². The quantitative estimate of drug-likeness (QED) is 0.621. The van der Waals surface area contributed by atoms with E-state index in [1.54, 1.807) is 17.8 Å². The molecule has 1 fully saturated rings. The van der Waals surface area contributed by atoms with Crippen LogP contribution >= 0.6 is 11.8 Å². The Kier molecular flexibility index (Phi) is 2.97. The molecule has 2 rings (SSSR count). The van der Waals surface area contributed by atoms with Gasteiger partial charge >= 0.3 is 5.88 Å². The fraction of sp³-hybridized carbons (Fsp3) is 0.556. The lowest BCUT2D eigenvalue weighted by Gasteiger charge is -2.25. The van der Waals surface area contributed by atoms with Crippen LogP contribution in [0.25, 0.3) is 0 Å². The number of nitrogens with zero attached hydrogens (tertiary/aromatic N) is 1. The second-order valence-electron chi connectivity index (χ2n) is 3.50. The first-order valence-electron chi connectivity index (χ1n) is 4.80. The summed E-state index contributed by atoms with van der Waals surface area (Å²) < 4.78 is 5.15. The van der Waals surface area contributed by atoms with Gasteiger partial charge in [-0.25, -0.2) is 0 Å². The maximum atomic E-state index is 10.4. The molecular formula is C9H12N2O3S. The molecule has 1 N–H and O–H groups in total. The van der Waals surface area contributed by atoms with Gasteiger partial charge in [0.25, 0.3) is 0 Å². The number of nitrogens with one attached hydrogen (secondary N) is 1. The first kappa shape index (κ1) is 10.5. The normalized spacial score (nSPS) is 26.5. The summed E-state index contributed by atoms with van der Waals surface area (Å²) >= 11 is 1.74. The standard InChI is InChI=1S/C9H12N2O3S/c1-6-4-5-10-9(15-6)7-2-3-8(14-7)11(12)13/h2-3,6,9-10H,4-5H2,1H3. The van der Waals surface area contributed by atoms with Crippen LogP contribution in [0, 0.1) is 10.1 Å². The molecule has 15 heavy (non-hydrogen) atoms. The SMILES string of the molecule is CC1CCNC(c2ccc([N+](=O)[O-])o2)S1. The molecule has 1 aromatic heterocycles. The number of hydrogen-bond donors (Lipinski definition) is 1. The summed E-state index contributed by atoms with van der Waals surface area (Å²) in [6.45, 7) is 3.07. The van der Waals surface area contributed by atoms with E-state index in [2.05, 4.69) is 12.2 Å². The highest BCUT2D eigenvalue weighted by molar-refractivity contribution is 8.00. The van der Waals surface area contributed by atoms with Crippen LogP contribution in [0.2, 0.25) is 0 Å². The Morgan fingerprint density at radius 2 is 2.47 bits per heavy atom. The zero-order valence-corrected chi connectivity index (χ0v) is 9.12. The van der Waals surface area contributed by atoms with Gasteiger partial charge in [-0.2, -0.15) is 0 Å². The van der Waals surface area contributed by atoms with E-state index in [4.69, 9.17) is 4.42 Å². The van der Waals surface area contributed by atoms with E-state index in [1.165, 1.54) is 6.07 Å². The predicted octanol–water partition coefficient (Wildman–Crippen LogP) is 2.30. The summed E-state index contributed by atoms with van der Waals surface area (Å²) in [6, 6.07) is 3.07. The zero-order valence-electron chi connectivity index (χ0n) is 8.30. The maximum absolute atomic E-state index is 10.4. The largest absolute Gasteiger partial charge is 0.433 e. The minimum absolute atomic E-state index is 0.0439. The average Bonchev–Trinajstić information content (AvgIpc) is 2.66. The summed E-state index contributed by atoms with van der Waals surface area (Å²) in [7, 11) is 0. The number of hydrogen-bond acceptors (Lipinski definition) is 5. The topological polar surface area (TPSA) is 68.3 Å². The second-order valence-corrected chi connectivity index (χ2v) is 5.05.